The van der Waals surface area contributed by atoms with Gasteiger partial charge in [-0.1, -0.05) is 40.5 Å². The Morgan fingerprint density at radius 2 is 1.29 bits per heavy atom. The van der Waals surface area contributed by atoms with Crippen molar-refractivity contribution in [2.24, 2.45) is 0 Å². The highest BCUT2D eigenvalue weighted by Gasteiger charge is 2.05. The number of rotatable bonds is 12. The zero-order valence-electron chi connectivity index (χ0n) is 19.8. The Hall–Kier alpha value is -2.86. The van der Waals surface area contributed by atoms with E-state index in [1.165, 1.54) is 22.3 Å². The number of carbonyl (C=O) groups is 1. The summed E-state index contributed by atoms with van der Waals surface area (Å²) in [7, 11) is 0. The quantitative estimate of drug-likeness (QED) is 0.256. The van der Waals surface area contributed by atoms with Crippen molar-refractivity contribution in [3.63, 3.8) is 0 Å². The summed E-state index contributed by atoms with van der Waals surface area (Å²) in [6.45, 7) is 11.1. The molecule has 0 aliphatic rings. The van der Waals surface area contributed by atoms with E-state index in [9.17, 15) is 4.79 Å². The minimum Gasteiger partial charge on any atom is -0.458 e. The smallest absolute Gasteiger partial charge is 0.338 e. The molecule has 0 aromatic heterocycles. The largest absolute Gasteiger partial charge is 0.458 e. The molecule has 3 nitrogen and oxygen atoms in total. The minimum atomic E-state index is -0.367. The lowest BCUT2D eigenvalue weighted by Crippen LogP contribution is -2.05. The highest BCUT2D eigenvalue weighted by Crippen LogP contribution is 2.13. The van der Waals surface area contributed by atoms with Crippen molar-refractivity contribution in [2.45, 2.75) is 73.1 Å². The van der Waals surface area contributed by atoms with Crippen molar-refractivity contribution in [1.29, 1.82) is 5.26 Å². The van der Waals surface area contributed by atoms with E-state index in [-0.39, 0.29) is 12.6 Å². The van der Waals surface area contributed by atoms with Crippen molar-refractivity contribution in [2.75, 3.05) is 6.61 Å². The molecule has 0 aliphatic heterocycles. The first-order valence-corrected chi connectivity index (χ1v) is 11.1. The standard InChI is InChI=1S/C28H37NO2/c1-22(2)9-6-10-23(3)11-7-12-24(4)13-8-14-25(5)19-20-31-28(30)27-17-15-26(21-29)16-18-27/h9,11,13,15-19H,6-8,10,12,14,20H2,1-5H3/b23-11+,24-13+,25-19+. The van der Waals surface area contributed by atoms with Gasteiger partial charge >= 0.3 is 5.97 Å². The molecule has 1 aromatic rings. The average Bonchev–Trinajstić information content (AvgIpc) is 2.73. The Morgan fingerprint density at radius 3 is 1.77 bits per heavy atom. The van der Waals surface area contributed by atoms with Gasteiger partial charge in [-0.2, -0.15) is 5.26 Å². The molecular weight excluding hydrogens is 382 g/mol. The summed E-state index contributed by atoms with van der Waals surface area (Å²) in [5.74, 6) is -0.367. The molecule has 166 valence electrons. The fourth-order valence-electron chi connectivity index (χ4n) is 3.01. The van der Waals surface area contributed by atoms with Crippen LogP contribution in [0.5, 0.6) is 0 Å². The summed E-state index contributed by atoms with van der Waals surface area (Å²) in [6.07, 6.45) is 15.4. The third-order valence-electron chi connectivity index (χ3n) is 5.05. The lowest BCUT2D eigenvalue weighted by molar-refractivity contribution is 0.0549. The predicted molar refractivity (Wildman–Crippen MR) is 130 cm³/mol. The molecule has 1 aromatic carbocycles. The van der Waals surface area contributed by atoms with Crippen molar-refractivity contribution in [1.82, 2.24) is 0 Å². The van der Waals surface area contributed by atoms with Crippen molar-refractivity contribution >= 4 is 5.97 Å². The Bertz CT molecular complexity index is 857. The van der Waals surface area contributed by atoms with Crippen LogP contribution in [0.25, 0.3) is 0 Å². The van der Waals surface area contributed by atoms with E-state index in [4.69, 9.17) is 10.00 Å². The molecular formula is C28H37NO2. The second-order valence-electron chi connectivity index (χ2n) is 8.34. The van der Waals surface area contributed by atoms with Crippen molar-refractivity contribution < 1.29 is 9.53 Å². The van der Waals surface area contributed by atoms with Crippen LogP contribution in [0.1, 0.15) is 89.1 Å². The van der Waals surface area contributed by atoms with E-state index in [0.717, 1.165) is 38.5 Å². The molecule has 0 unspecified atom stereocenters. The number of allylic oxidation sites excluding steroid dienone is 7. The van der Waals surface area contributed by atoms with Gasteiger partial charge in [0.25, 0.3) is 0 Å². The maximum absolute atomic E-state index is 12.0. The second kappa shape index (κ2) is 15.0. The minimum absolute atomic E-state index is 0.268. The lowest BCUT2D eigenvalue weighted by atomic mass is 10.0. The van der Waals surface area contributed by atoms with Gasteiger partial charge in [0.1, 0.15) is 6.61 Å². The van der Waals surface area contributed by atoms with E-state index in [0.29, 0.717) is 11.1 Å². The zero-order valence-corrected chi connectivity index (χ0v) is 19.8. The number of benzene rings is 1. The van der Waals surface area contributed by atoms with Gasteiger partial charge in [-0.25, -0.2) is 4.79 Å². The molecule has 0 saturated carbocycles. The number of carbonyl (C=O) groups excluding carboxylic acids is 1. The summed E-state index contributed by atoms with van der Waals surface area (Å²) in [5.41, 5.74) is 6.49. The van der Waals surface area contributed by atoms with Gasteiger partial charge < -0.3 is 4.74 Å². The van der Waals surface area contributed by atoms with E-state index in [2.05, 4.69) is 52.8 Å². The Morgan fingerprint density at radius 1 is 0.806 bits per heavy atom. The molecule has 0 amide bonds. The monoisotopic (exact) mass is 419 g/mol. The van der Waals surface area contributed by atoms with Gasteiger partial charge in [0, 0.05) is 0 Å². The Kier molecular flexibility index (Phi) is 12.7. The second-order valence-corrected chi connectivity index (χ2v) is 8.34. The summed E-state index contributed by atoms with van der Waals surface area (Å²) < 4.78 is 5.29. The van der Waals surface area contributed by atoms with Crippen LogP contribution >= 0.6 is 0 Å². The molecule has 0 radical (unpaired) electrons. The van der Waals surface area contributed by atoms with Crippen LogP contribution in [-0.4, -0.2) is 12.6 Å². The van der Waals surface area contributed by atoms with Crippen molar-refractivity contribution in [3.05, 3.63) is 82.0 Å². The number of esters is 1. The maximum atomic E-state index is 12.0. The van der Waals surface area contributed by atoms with E-state index in [1.807, 2.05) is 12.1 Å². The lowest BCUT2D eigenvalue weighted by Gasteiger charge is -2.04. The number of hydrogen-bond acceptors (Lipinski definition) is 3. The number of hydrogen-bond donors (Lipinski definition) is 0. The van der Waals surface area contributed by atoms with Crippen LogP contribution in [0.15, 0.2) is 70.9 Å². The van der Waals surface area contributed by atoms with Gasteiger partial charge in [-0.3, -0.25) is 0 Å². The summed E-state index contributed by atoms with van der Waals surface area (Å²) >= 11 is 0. The summed E-state index contributed by atoms with van der Waals surface area (Å²) in [4.78, 5) is 12.0. The fraction of sp³-hybridized carbons (Fsp3) is 0.429. The SMILES string of the molecule is CC(C)=CCC/C(C)=C/CC/C(C)=C/CC/C(C)=C/COC(=O)c1ccc(C#N)cc1. The van der Waals surface area contributed by atoms with Crippen LogP contribution in [0.4, 0.5) is 0 Å². The number of ether oxygens (including phenoxy) is 1. The van der Waals surface area contributed by atoms with E-state index in [1.54, 1.807) is 24.3 Å². The van der Waals surface area contributed by atoms with Gasteiger partial charge in [0.2, 0.25) is 0 Å². The first-order valence-electron chi connectivity index (χ1n) is 11.1. The van der Waals surface area contributed by atoms with Crippen LogP contribution in [0.3, 0.4) is 0 Å². The molecule has 0 aliphatic carbocycles. The van der Waals surface area contributed by atoms with Crippen LogP contribution < -0.4 is 0 Å². The topological polar surface area (TPSA) is 50.1 Å². The molecule has 0 saturated heterocycles. The van der Waals surface area contributed by atoms with Gasteiger partial charge in [-0.15, -0.1) is 0 Å². The van der Waals surface area contributed by atoms with Crippen LogP contribution in [-0.2, 0) is 4.74 Å². The molecule has 0 spiro atoms. The Balaban J connectivity index is 2.29. The molecule has 0 bridgehead atoms. The first kappa shape index (κ1) is 26.2. The van der Waals surface area contributed by atoms with Crippen LogP contribution in [0.2, 0.25) is 0 Å². The predicted octanol–water partition coefficient (Wildman–Crippen LogP) is 7.86. The van der Waals surface area contributed by atoms with Gasteiger partial charge in [0.05, 0.1) is 17.2 Å². The highest BCUT2D eigenvalue weighted by atomic mass is 16.5. The number of nitriles is 1. The fourth-order valence-corrected chi connectivity index (χ4v) is 3.01. The molecule has 0 fully saturated rings. The number of nitrogens with zero attached hydrogens (tertiary/aromatic N) is 1. The zero-order chi connectivity index (χ0) is 23.1. The van der Waals surface area contributed by atoms with E-state index >= 15 is 0 Å². The maximum Gasteiger partial charge on any atom is 0.338 e. The van der Waals surface area contributed by atoms with Crippen LogP contribution in [0, 0.1) is 11.3 Å². The van der Waals surface area contributed by atoms with Gasteiger partial charge in [-0.05, 0) is 103 Å². The molecule has 0 N–H and O–H groups in total. The summed E-state index contributed by atoms with van der Waals surface area (Å²) in [6, 6.07) is 8.50. The Labute approximate surface area is 188 Å². The molecule has 0 atom stereocenters. The molecule has 0 heterocycles. The molecule has 1 rings (SSSR count). The van der Waals surface area contributed by atoms with Gasteiger partial charge in [0.15, 0.2) is 0 Å². The average molecular weight is 420 g/mol. The third-order valence-corrected chi connectivity index (χ3v) is 5.05. The van der Waals surface area contributed by atoms with Crippen molar-refractivity contribution in [3.8, 4) is 6.07 Å². The highest BCUT2D eigenvalue weighted by molar-refractivity contribution is 5.89. The first-order chi connectivity index (χ1) is 14.8. The van der Waals surface area contributed by atoms with E-state index < -0.39 is 0 Å². The molecule has 3 heteroatoms. The molecule has 31 heavy (non-hydrogen) atoms. The normalized spacial score (nSPS) is 12.3. The third kappa shape index (κ3) is 12.4. The summed E-state index contributed by atoms with van der Waals surface area (Å²) in [5, 5.41) is 8.80.